The Morgan fingerprint density at radius 2 is 2.17 bits per heavy atom. The molecule has 0 spiro atoms. The second kappa shape index (κ2) is 7.48. The summed E-state index contributed by atoms with van der Waals surface area (Å²) in [5, 5.41) is 12.3. The quantitative estimate of drug-likeness (QED) is 0.880. The van der Waals surface area contributed by atoms with Gasteiger partial charge in [-0.15, -0.1) is 0 Å². The Morgan fingerprint density at radius 3 is 2.91 bits per heavy atom. The Hall–Kier alpha value is -2.05. The number of rotatable bonds is 5. The number of aryl methyl sites for hydroxylation is 1. The minimum Gasteiger partial charge on any atom is -0.395 e. The van der Waals surface area contributed by atoms with Crippen molar-refractivity contribution in [2.24, 2.45) is 0 Å². The number of hydrogen-bond donors (Lipinski definition) is 2. The van der Waals surface area contributed by atoms with E-state index in [0.717, 1.165) is 49.7 Å². The first-order valence-electron chi connectivity index (χ1n) is 8.10. The van der Waals surface area contributed by atoms with Crippen molar-refractivity contribution in [2.75, 3.05) is 31.6 Å². The van der Waals surface area contributed by atoms with Gasteiger partial charge in [0.25, 0.3) is 0 Å². The monoisotopic (exact) mass is 313 g/mol. The number of aromatic nitrogens is 3. The lowest BCUT2D eigenvalue weighted by Gasteiger charge is -2.31. The summed E-state index contributed by atoms with van der Waals surface area (Å²) < 4.78 is 0. The fourth-order valence-corrected chi connectivity index (χ4v) is 3.00. The zero-order valence-corrected chi connectivity index (χ0v) is 13.4. The Labute approximate surface area is 136 Å². The molecule has 0 aromatic carbocycles. The molecule has 0 saturated carbocycles. The number of anilines is 2. The number of β-amino-alcohol motifs (C(OH)–C–C–N with tert-alkyl or cyclic N) is 1. The molecule has 2 aromatic heterocycles. The van der Waals surface area contributed by atoms with Crippen LogP contribution in [0.15, 0.2) is 30.6 Å². The van der Waals surface area contributed by atoms with Crippen LogP contribution in [0.3, 0.4) is 0 Å². The molecule has 122 valence electrons. The molecule has 1 saturated heterocycles. The van der Waals surface area contributed by atoms with Crippen LogP contribution < -0.4 is 5.32 Å². The predicted molar refractivity (Wildman–Crippen MR) is 89.8 cm³/mol. The lowest BCUT2D eigenvalue weighted by atomic mass is 9.95. The SMILES string of the molecule is Cc1cccc(Nc2cnc([C@H]3CCCN(CCO)C3)cn2)n1. The molecular formula is C17H23N5O. The Bertz CT molecular complexity index is 629. The van der Waals surface area contributed by atoms with Gasteiger partial charge in [0.05, 0.1) is 24.7 Å². The van der Waals surface area contributed by atoms with Gasteiger partial charge < -0.3 is 15.3 Å². The molecule has 2 N–H and O–H groups in total. The molecule has 6 nitrogen and oxygen atoms in total. The summed E-state index contributed by atoms with van der Waals surface area (Å²) >= 11 is 0. The maximum Gasteiger partial charge on any atom is 0.150 e. The van der Waals surface area contributed by atoms with Crippen LogP contribution in [0.4, 0.5) is 11.6 Å². The lowest BCUT2D eigenvalue weighted by Crippen LogP contribution is -2.36. The van der Waals surface area contributed by atoms with E-state index in [1.54, 1.807) is 6.20 Å². The zero-order valence-electron chi connectivity index (χ0n) is 13.4. The van der Waals surface area contributed by atoms with Crippen molar-refractivity contribution >= 4 is 11.6 Å². The van der Waals surface area contributed by atoms with E-state index in [4.69, 9.17) is 5.11 Å². The minimum atomic E-state index is 0.213. The second-order valence-electron chi connectivity index (χ2n) is 5.98. The van der Waals surface area contributed by atoms with Gasteiger partial charge in [0.15, 0.2) is 0 Å². The van der Waals surface area contributed by atoms with Crippen LogP contribution in [0.1, 0.15) is 30.1 Å². The van der Waals surface area contributed by atoms with E-state index in [-0.39, 0.29) is 6.61 Å². The normalized spacial score (nSPS) is 18.8. The summed E-state index contributed by atoms with van der Waals surface area (Å²) in [6.07, 6.45) is 5.89. The van der Waals surface area contributed by atoms with Crippen LogP contribution in [0.25, 0.3) is 0 Å². The van der Waals surface area contributed by atoms with Gasteiger partial charge >= 0.3 is 0 Å². The van der Waals surface area contributed by atoms with Crippen LogP contribution in [0.2, 0.25) is 0 Å². The first-order valence-corrected chi connectivity index (χ1v) is 8.10. The van der Waals surface area contributed by atoms with Crippen LogP contribution >= 0.6 is 0 Å². The fourth-order valence-electron chi connectivity index (χ4n) is 3.00. The molecule has 0 radical (unpaired) electrons. The highest BCUT2D eigenvalue weighted by Crippen LogP contribution is 2.25. The maximum atomic E-state index is 9.09. The molecule has 0 unspecified atom stereocenters. The topological polar surface area (TPSA) is 74.2 Å². The molecule has 2 aromatic rings. The van der Waals surface area contributed by atoms with Crippen molar-refractivity contribution in [2.45, 2.75) is 25.7 Å². The van der Waals surface area contributed by atoms with E-state index in [1.165, 1.54) is 0 Å². The van der Waals surface area contributed by atoms with Crippen molar-refractivity contribution in [3.8, 4) is 0 Å². The van der Waals surface area contributed by atoms with Crippen molar-refractivity contribution < 1.29 is 5.11 Å². The average Bonchev–Trinajstić information content (AvgIpc) is 2.56. The lowest BCUT2D eigenvalue weighted by molar-refractivity contribution is 0.160. The minimum absolute atomic E-state index is 0.213. The average molecular weight is 313 g/mol. The molecule has 1 fully saturated rings. The van der Waals surface area contributed by atoms with Gasteiger partial charge in [-0.25, -0.2) is 9.97 Å². The van der Waals surface area contributed by atoms with Crippen LogP contribution in [0, 0.1) is 6.92 Å². The highest BCUT2D eigenvalue weighted by atomic mass is 16.3. The number of aliphatic hydroxyl groups is 1. The number of piperidine rings is 1. The molecule has 1 aliphatic heterocycles. The number of aliphatic hydroxyl groups excluding tert-OH is 1. The second-order valence-corrected chi connectivity index (χ2v) is 5.98. The summed E-state index contributed by atoms with van der Waals surface area (Å²) in [5.74, 6) is 1.88. The van der Waals surface area contributed by atoms with Gasteiger partial charge in [-0.3, -0.25) is 4.98 Å². The third-order valence-electron chi connectivity index (χ3n) is 4.16. The number of likely N-dealkylation sites (tertiary alicyclic amines) is 1. The van der Waals surface area contributed by atoms with E-state index in [0.29, 0.717) is 11.7 Å². The van der Waals surface area contributed by atoms with Gasteiger partial charge in [0.2, 0.25) is 0 Å². The highest BCUT2D eigenvalue weighted by Gasteiger charge is 2.22. The van der Waals surface area contributed by atoms with E-state index in [2.05, 4.69) is 25.2 Å². The third kappa shape index (κ3) is 4.24. The van der Waals surface area contributed by atoms with E-state index in [1.807, 2.05) is 31.3 Å². The van der Waals surface area contributed by atoms with E-state index < -0.39 is 0 Å². The molecule has 6 heteroatoms. The standard InChI is InChI=1S/C17H23N5O/c1-13-4-2-6-16(20-13)21-17-11-18-15(10-19-17)14-5-3-7-22(12-14)8-9-23/h2,4,6,10-11,14,23H,3,5,7-9,12H2,1H3,(H,19,20,21)/t14-/m0/s1. The van der Waals surface area contributed by atoms with Gasteiger partial charge in [-0.1, -0.05) is 6.07 Å². The Morgan fingerprint density at radius 1 is 1.26 bits per heavy atom. The van der Waals surface area contributed by atoms with Crippen molar-refractivity contribution in [1.29, 1.82) is 0 Å². The number of pyridine rings is 1. The van der Waals surface area contributed by atoms with Crippen molar-refractivity contribution in [1.82, 2.24) is 19.9 Å². The number of nitrogens with zero attached hydrogens (tertiary/aromatic N) is 4. The third-order valence-corrected chi connectivity index (χ3v) is 4.16. The molecule has 3 heterocycles. The summed E-state index contributed by atoms with van der Waals surface area (Å²) in [6, 6.07) is 5.84. The van der Waals surface area contributed by atoms with Crippen LogP contribution in [0.5, 0.6) is 0 Å². The van der Waals surface area contributed by atoms with Crippen molar-refractivity contribution in [3.63, 3.8) is 0 Å². The van der Waals surface area contributed by atoms with Crippen LogP contribution in [-0.2, 0) is 0 Å². The molecule has 1 atom stereocenters. The summed E-state index contributed by atoms with van der Waals surface area (Å²) in [5.41, 5.74) is 1.99. The summed E-state index contributed by atoms with van der Waals surface area (Å²) in [4.78, 5) is 15.7. The predicted octanol–water partition coefficient (Wildman–Crippen LogP) is 2.10. The maximum absolute atomic E-state index is 9.09. The van der Waals surface area contributed by atoms with E-state index in [9.17, 15) is 0 Å². The molecule has 3 rings (SSSR count). The van der Waals surface area contributed by atoms with Crippen LogP contribution in [-0.4, -0.2) is 51.2 Å². The van der Waals surface area contributed by atoms with Crippen molar-refractivity contribution in [3.05, 3.63) is 42.0 Å². The smallest absolute Gasteiger partial charge is 0.150 e. The number of nitrogens with one attached hydrogen (secondary N) is 1. The molecule has 23 heavy (non-hydrogen) atoms. The largest absolute Gasteiger partial charge is 0.395 e. The summed E-state index contributed by atoms with van der Waals surface area (Å²) in [6.45, 7) is 4.92. The van der Waals surface area contributed by atoms with Gasteiger partial charge in [0.1, 0.15) is 11.6 Å². The molecule has 0 amide bonds. The molecule has 0 bridgehead atoms. The Balaban J connectivity index is 1.64. The van der Waals surface area contributed by atoms with E-state index >= 15 is 0 Å². The fraction of sp³-hybridized carbons (Fsp3) is 0.471. The summed E-state index contributed by atoms with van der Waals surface area (Å²) in [7, 11) is 0. The van der Waals surface area contributed by atoms with Gasteiger partial charge in [0, 0.05) is 24.7 Å². The molecular weight excluding hydrogens is 290 g/mol. The first kappa shape index (κ1) is 15.8. The first-order chi connectivity index (χ1) is 11.2. The molecule has 0 aliphatic carbocycles. The molecule has 1 aliphatic rings. The van der Waals surface area contributed by atoms with Gasteiger partial charge in [-0.2, -0.15) is 0 Å². The van der Waals surface area contributed by atoms with Gasteiger partial charge in [-0.05, 0) is 38.4 Å². The Kier molecular flexibility index (Phi) is 5.15. The highest BCUT2D eigenvalue weighted by molar-refractivity contribution is 5.50. The zero-order chi connectivity index (χ0) is 16.1. The number of hydrogen-bond acceptors (Lipinski definition) is 6.